The summed E-state index contributed by atoms with van der Waals surface area (Å²) in [5.74, 6) is -6.18. The first-order valence-corrected chi connectivity index (χ1v) is 14.6. The molecule has 0 radical (unpaired) electrons. The van der Waals surface area contributed by atoms with Crippen LogP contribution in [0, 0.1) is 11.6 Å². The maximum absolute atomic E-state index is 14.8. The van der Waals surface area contributed by atoms with Crippen LogP contribution in [0.5, 0.6) is 0 Å². The molecule has 15 nitrogen and oxygen atoms in total. The molecule has 0 bridgehead atoms. The molecule has 47 heavy (non-hydrogen) atoms. The van der Waals surface area contributed by atoms with Crippen molar-refractivity contribution in [3.05, 3.63) is 58.2 Å². The summed E-state index contributed by atoms with van der Waals surface area (Å²) in [6.45, 7) is -0.909. The van der Waals surface area contributed by atoms with Gasteiger partial charge in [-0.2, -0.15) is 0 Å². The molecule has 0 saturated carbocycles. The van der Waals surface area contributed by atoms with Crippen LogP contribution in [0.25, 0.3) is 0 Å². The monoisotopic (exact) mass is 654 g/mol. The molecule has 2 atom stereocenters. The summed E-state index contributed by atoms with van der Waals surface area (Å²) in [4.78, 5) is 81.5. The first kappa shape index (κ1) is 32.2. The van der Waals surface area contributed by atoms with Gasteiger partial charge in [0.25, 0.3) is 23.6 Å². The summed E-state index contributed by atoms with van der Waals surface area (Å²) in [6, 6.07) is 2.34. The molecule has 2 fully saturated rings. The molecular formula is C28H26B2F2N4O11. The van der Waals surface area contributed by atoms with Crippen LogP contribution in [0.1, 0.15) is 57.5 Å². The number of likely N-dealkylation sites (tertiary alicyclic amines) is 1. The van der Waals surface area contributed by atoms with Crippen LogP contribution < -0.4 is 21.6 Å². The fourth-order valence-corrected chi connectivity index (χ4v) is 5.88. The summed E-state index contributed by atoms with van der Waals surface area (Å²) >= 11 is 0. The molecule has 0 aliphatic carbocycles. The predicted octanol–water partition coefficient (Wildman–Crippen LogP) is -2.47. The van der Waals surface area contributed by atoms with Gasteiger partial charge >= 0.3 is 20.2 Å². The van der Waals surface area contributed by atoms with E-state index in [2.05, 4.69) is 10.6 Å². The molecule has 244 valence electrons. The molecule has 4 aliphatic heterocycles. The van der Waals surface area contributed by atoms with E-state index in [0.717, 1.165) is 17.0 Å². The van der Waals surface area contributed by atoms with Crippen LogP contribution in [-0.4, -0.2) is 94.9 Å². The second kappa shape index (κ2) is 12.8. The highest BCUT2D eigenvalue weighted by atomic mass is 19.1. The van der Waals surface area contributed by atoms with Gasteiger partial charge in [0.05, 0.1) is 19.6 Å². The van der Waals surface area contributed by atoms with Gasteiger partial charge in [-0.1, -0.05) is 0 Å². The first-order chi connectivity index (χ1) is 22.4. The largest absolute Gasteiger partial charge is 0.491 e. The van der Waals surface area contributed by atoms with E-state index in [1.54, 1.807) is 0 Å². The number of carbonyl (C=O) groups excluding carboxylic acids is 6. The number of amides is 5. The number of fused-ring (bicyclic) bond motifs is 2. The lowest BCUT2D eigenvalue weighted by molar-refractivity contribution is -0.197. The Bertz CT molecular complexity index is 1700. The Morgan fingerprint density at radius 3 is 2.11 bits per heavy atom. The maximum atomic E-state index is 14.8. The summed E-state index contributed by atoms with van der Waals surface area (Å²) in [5.41, 5.74) is 0.00174. The summed E-state index contributed by atoms with van der Waals surface area (Å²) in [7, 11) is -2.87. The Labute approximate surface area is 265 Å². The van der Waals surface area contributed by atoms with Crippen molar-refractivity contribution in [3.63, 3.8) is 0 Å². The van der Waals surface area contributed by atoms with E-state index in [9.17, 15) is 47.6 Å². The van der Waals surface area contributed by atoms with Crippen molar-refractivity contribution in [1.82, 2.24) is 20.6 Å². The predicted molar refractivity (Wildman–Crippen MR) is 153 cm³/mol. The van der Waals surface area contributed by atoms with E-state index in [0.29, 0.717) is 5.06 Å². The van der Waals surface area contributed by atoms with Crippen LogP contribution in [-0.2, 0) is 46.5 Å². The summed E-state index contributed by atoms with van der Waals surface area (Å²) in [6.07, 6.45) is -0.756. The van der Waals surface area contributed by atoms with Gasteiger partial charge in [-0.05, 0) is 41.6 Å². The minimum absolute atomic E-state index is 0.0525. The fraction of sp³-hybridized carbons (Fsp3) is 0.357. The van der Waals surface area contributed by atoms with Crippen LogP contribution in [0.2, 0.25) is 0 Å². The van der Waals surface area contributed by atoms with Crippen molar-refractivity contribution in [3.8, 4) is 0 Å². The lowest BCUT2D eigenvalue weighted by Crippen LogP contribution is -2.47. The Balaban J connectivity index is 1.17. The van der Waals surface area contributed by atoms with Crippen molar-refractivity contribution in [1.29, 1.82) is 0 Å². The zero-order chi connectivity index (χ0) is 33.6. The summed E-state index contributed by atoms with van der Waals surface area (Å²) < 4.78 is 39.5. The zero-order valence-electron chi connectivity index (χ0n) is 24.5. The van der Waals surface area contributed by atoms with Crippen LogP contribution in [0.4, 0.5) is 8.78 Å². The zero-order valence-corrected chi connectivity index (χ0v) is 24.5. The summed E-state index contributed by atoms with van der Waals surface area (Å²) in [5, 5.41) is 25.5. The molecule has 2 aromatic rings. The van der Waals surface area contributed by atoms with E-state index in [-0.39, 0.29) is 78.7 Å². The Morgan fingerprint density at radius 1 is 0.915 bits per heavy atom. The maximum Gasteiger partial charge on any atom is 0.491 e. The number of nitrogens with one attached hydrogen (secondary N) is 2. The molecule has 19 heteroatoms. The Morgan fingerprint density at radius 2 is 1.49 bits per heavy atom. The van der Waals surface area contributed by atoms with Crippen molar-refractivity contribution < 1.29 is 61.7 Å². The number of carbonyl (C=O) groups is 6. The molecule has 0 aromatic heterocycles. The minimum atomic E-state index is -1.46. The van der Waals surface area contributed by atoms with Gasteiger partial charge in [0.1, 0.15) is 17.7 Å². The second-order valence-electron chi connectivity index (χ2n) is 11.3. The normalized spacial score (nSPS) is 20.1. The van der Waals surface area contributed by atoms with Crippen molar-refractivity contribution in [2.75, 3.05) is 13.1 Å². The number of hydroxylamine groups is 2. The second-order valence-corrected chi connectivity index (χ2v) is 11.3. The van der Waals surface area contributed by atoms with Crippen molar-refractivity contribution in [2.45, 2.75) is 51.0 Å². The molecule has 0 spiro atoms. The number of imide groups is 1. The third kappa shape index (κ3) is 6.34. The highest BCUT2D eigenvalue weighted by Crippen LogP contribution is 2.24. The van der Waals surface area contributed by atoms with E-state index in [4.69, 9.17) is 14.1 Å². The molecule has 6 rings (SSSR count). The van der Waals surface area contributed by atoms with E-state index >= 15 is 0 Å². The molecule has 5 amide bonds. The average Bonchev–Trinajstić information content (AvgIpc) is 3.81. The first-order valence-electron chi connectivity index (χ1n) is 14.6. The highest BCUT2D eigenvalue weighted by molar-refractivity contribution is 6.62. The third-order valence-electron chi connectivity index (χ3n) is 8.30. The number of nitrogens with zero attached hydrogens (tertiary/aromatic N) is 2. The Hall–Kier alpha value is -4.71. The standard InChI is InChI=1S/C28H26B2F2N4O11/c31-20-7-13(5-18-16(20)11-45-29(18)43)26(40)34-15-9-22(27(41)33-4-3-25(39)47-36-23(37)1-2-24(36)38)35(10-15)28(42)14-6-19-17(21(32)8-14)12-46-30(19)44/h5-8,15,22,43-44H,1-4,9-12H2,(H,33,41)(H,34,40)/t15-,22-/m0/s1. The minimum Gasteiger partial charge on any atom is -0.423 e. The quantitative estimate of drug-likeness (QED) is 0.174. The van der Waals surface area contributed by atoms with Crippen molar-refractivity contribution >= 4 is 60.7 Å². The van der Waals surface area contributed by atoms with Crippen molar-refractivity contribution in [2.24, 2.45) is 0 Å². The molecule has 4 heterocycles. The lowest BCUT2D eigenvalue weighted by atomic mass is 9.78. The van der Waals surface area contributed by atoms with Gasteiger partial charge in [0, 0.05) is 54.2 Å². The topological polar surface area (TPSA) is 201 Å². The van der Waals surface area contributed by atoms with Gasteiger partial charge in [-0.25, -0.2) is 13.6 Å². The van der Waals surface area contributed by atoms with Crippen LogP contribution >= 0.6 is 0 Å². The Kier molecular flexibility index (Phi) is 8.80. The van der Waals surface area contributed by atoms with Crippen LogP contribution in [0.3, 0.4) is 0 Å². The van der Waals surface area contributed by atoms with Gasteiger partial charge in [0.2, 0.25) is 5.91 Å². The molecule has 4 aliphatic rings. The van der Waals surface area contributed by atoms with E-state index < -0.39 is 79.9 Å². The van der Waals surface area contributed by atoms with Gasteiger partial charge < -0.3 is 39.7 Å². The van der Waals surface area contributed by atoms with Gasteiger partial charge in [0.15, 0.2) is 0 Å². The lowest BCUT2D eigenvalue weighted by Gasteiger charge is -2.24. The number of hydrogen-bond acceptors (Lipinski definition) is 11. The number of halogens is 2. The van der Waals surface area contributed by atoms with Crippen LogP contribution in [0.15, 0.2) is 24.3 Å². The average molecular weight is 654 g/mol. The molecule has 2 saturated heterocycles. The van der Waals surface area contributed by atoms with E-state index in [1.165, 1.54) is 12.1 Å². The highest BCUT2D eigenvalue weighted by Gasteiger charge is 2.42. The molecule has 4 N–H and O–H groups in total. The molecular weight excluding hydrogens is 628 g/mol. The SMILES string of the molecule is O=C(CCNC(=O)[C@@H]1C[C@H](NC(=O)c2cc(F)c3c(c2)B(O)OC3)CN1C(=O)c1cc(F)c2c(c1)B(O)OC2)ON1C(=O)CCC1=O. The smallest absolute Gasteiger partial charge is 0.423 e. The molecule has 2 aromatic carbocycles. The van der Waals surface area contributed by atoms with Gasteiger partial charge in [-0.3, -0.25) is 24.0 Å². The van der Waals surface area contributed by atoms with Gasteiger partial charge in [-0.15, -0.1) is 5.06 Å². The van der Waals surface area contributed by atoms with E-state index in [1.807, 2.05) is 0 Å². The molecule has 0 unspecified atom stereocenters. The number of rotatable bonds is 8. The fourth-order valence-electron chi connectivity index (χ4n) is 5.88. The number of hydrogen-bond donors (Lipinski definition) is 4. The number of benzene rings is 2. The third-order valence-corrected chi connectivity index (χ3v) is 8.30.